The fourth-order valence-electron chi connectivity index (χ4n) is 5.76. The lowest BCUT2D eigenvalue weighted by molar-refractivity contribution is -0.137. The van der Waals surface area contributed by atoms with Crippen LogP contribution < -0.4 is 15.4 Å². The first kappa shape index (κ1) is 28.4. The zero-order valence-corrected chi connectivity index (χ0v) is 24.9. The summed E-state index contributed by atoms with van der Waals surface area (Å²) in [6.07, 6.45) is 3.40. The Kier molecular flexibility index (Phi) is 7.37. The molecule has 0 N–H and O–H groups in total. The molecule has 0 saturated carbocycles. The summed E-state index contributed by atoms with van der Waals surface area (Å²) < 4.78 is 9.13. The van der Waals surface area contributed by atoms with Gasteiger partial charge in [-0.3, -0.25) is 24.0 Å². The number of benzene rings is 1. The number of hydrogen-bond acceptors (Lipinski definition) is 6. The maximum atomic E-state index is 13.3. The predicted octanol–water partition coefficient (Wildman–Crippen LogP) is 4.00. The van der Waals surface area contributed by atoms with Gasteiger partial charge in [-0.15, -0.1) is 0 Å². The van der Waals surface area contributed by atoms with E-state index in [-0.39, 0.29) is 17.4 Å². The van der Waals surface area contributed by atoms with Crippen molar-refractivity contribution in [2.24, 2.45) is 12.5 Å². The van der Waals surface area contributed by atoms with Gasteiger partial charge in [-0.1, -0.05) is 6.07 Å². The van der Waals surface area contributed by atoms with Gasteiger partial charge >= 0.3 is 0 Å². The number of furan rings is 1. The van der Waals surface area contributed by atoms with Gasteiger partial charge in [0.2, 0.25) is 11.8 Å². The summed E-state index contributed by atoms with van der Waals surface area (Å²) in [4.78, 5) is 45.3. The molecule has 10 nitrogen and oxygen atoms in total. The molecule has 3 aromatic heterocycles. The third kappa shape index (κ3) is 5.08. The van der Waals surface area contributed by atoms with Crippen LogP contribution in [0.3, 0.4) is 0 Å². The number of fused-ring (bicyclic) bond motifs is 2. The van der Waals surface area contributed by atoms with Crippen molar-refractivity contribution in [3.8, 4) is 0 Å². The second-order valence-corrected chi connectivity index (χ2v) is 11.4. The van der Waals surface area contributed by atoms with Crippen LogP contribution in [-0.4, -0.2) is 51.2 Å². The summed E-state index contributed by atoms with van der Waals surface area (Å²) in [5.41, 5.74) is 4.74. The van der Waals surface area contributed by atoms with E-state index in [1.165, 1.54) is 0 Å². The molecule has 0 bridgehead atoms. The summed E-state index contributed by atoms with van der Waals surface area (Å²) in [5, 5.41) is 5.09. The van der Waals surface area contributed by atoms with Crippen LogP contribution in [0.25, 0.3) is 11.0 Å². The molecule has 0 radical (unpaired) electrons. The third-order valence-corrected chi connectivity index (χ3v) is 8.04. The van der Waals surface area contributed by atoms with E-state index in [1.54, 1.807) is 47.6 Å². The summed E-state index contributed by atoms with van der Waals surface area (Å²) in [5.74, 6) is -0.435. The van der Waals surface area contributed by atoms with Crippen molar-refractivity contribution in [3.05, 3.63) is 75.7 Å². The molecule has 1 aromatic carbocycles. The van der Waals surface area contributed by atoms with Gasteiger partial charge in [0.1, 0.15) is 11.0 Å². The fourth-order valence-corrected chi connectivity index (χ4v) is 5.76. The molecule has 1 aliphatic rings. The molecule has 0 aliphatic carbocycles. The Morgan fingerprint density at radius 2 is 1.73 bits per heavy atom. The normalized spacial score (nSPS) is 15.2. The minimum absolute atomic E-state index is 0.0761. The number of aromatic nitrogens is 3. The average molecular weight is 559 g/mol. The summed E-state index contributed by atoms with van der Waals surface area (Å²) in [7, 11) is 3.67. The van der Waals surface area contributed by atoms with Crippen LogP contribution in [0.15, 0.2) is 52.0 Å². The minimum Gasteiger partial charge on any atom is -0.464 e. The first-order valence-corrected chi connectivity index (χ1v) is 13.9. The lowest BCUT2D eigenvalue weighted by atomic mass is 9.90. The minimum atomic E-state index is -1.16. The Morgan fingerprint density at radius 1 is 0.976 bits per heavy atom. The van der Waals surface area contributed by atoms with Crippen molar-refractivity contribution in [1.82, 2.24) is 19.2 Å². The number of pyridine rings is 1. The number of carbonyl (C=O) groups excluding carboxylic acids is 2. The molecule has 41 heavy (non-hydrogen) atoms. The smallest absolute Gasteiger partial charge is 0.261 e. The zero-order chi connectivity index (χ0) is 29.6. The maximum absolute atomic E-state index is 13.3. The number of anilines is 2. The predicted molar refractivity (Wildman–Crippen MR) is 159 cm³/mol. The Bertz CT molecular complexity index is 1690. The topological polar surface area (TPSA) is 96.8 Å². The lowest BCUT2D eigenvalue weighted by Gasteiger charge is -2.27. The molecule has 5 rings (SSSR count). The summed E-state index contributed by atoms with van der Waals surface area (Å²) in [6, 6.07) is 9.73. The quantitative estimate of drug-likeness (QED) is 0.303. The number of hydrogen-bond donors (Lipinski definition) is 0. The van der Waals surface area contributed by atoms with E-state index in [2.05, 4.69) is 16.1 Å². The molecule has 10 heteroatoms. The molecule has 1 aliphatic heterocycles. The fraction of sp³-hybridized carbons (Fsp3) is 0.419. The van der Waals surface area contributed by atoms with E-state index in [9.17, 15) is 14.4 Å². The molecular weight excluding hydrogens is 520 g/mol. The molecule has 2 amide bonds. The van der Waals surface area contributed by atoms with Crippen LogP contribution in [-0.2, 0) is 36.3 Å². The van der Waals surface area contributed by atoms with E-state index in [1.807, 2.05) is 56.9 Å². The van der Waals surface area contributed by atoms with Crippen LogP contribution in [0.5, 0.6) is 0 Å². The lowest BCUT2D eigenvalue weighted by Crippen LogP contribution is -2.47. The maximum Gasteiger partial charge on any atom is 0.261 e. The largest absolute Gasteiger partial charge is 0.464 e. The molecule has 0 saturated heterocycles. The Balaban J connectivity index is 1.47. The second kappa shape index (κ2) is 10.7. The molecule has 4 aromatic rings. The molecule has 4 heterocycles. The van der Waals surface area contributed by atoms with Gasteiger partial charge in [-0.2, -0.15) is 5.10 Å². The van der Waals surface area contributed by atoms with E-state index < -0.39 is 5.41 Å². The van der Waals surface area contributed by atoms with Crippen molar-refractivity contribution in [1.29, 1.82) is 0 Å². The van der Waals surface area contributed by atoms with Gasteiger partial charge in [0, 0.05) is 58.6 Å². The van der Waals surface area contributed by atoms with Crippen LogP contribution in [0, 0.1) is 19.3 Å². The standard InChI is InChI=1S/C31H38N6O4/c1-8-37-25-10-9-22(16-26(25)33(6)29(39)31(4,5)30(37)40)18-35(19-23-15-21(3)32-34(23)7)12-13-36-17-20(2)27-24(28(36)38)11-14-41-27/h9-11,14-17H,8,12-13,18-19H2,1-7H3. The van der Waals surface area contributed by atoms with Gasteiger partial charge < -0.3 is 18.8 Å². The third-order valence-electron chi connectivity index (χ3n) is 8.04. The highest BCUT2D eigenvalue weighted by Gasteiger charge is 2.45. The van der Waals surface area contributed by atoms with Crippen molar-refractivity contribution < 1.29 is 14.0 Å². The van der Waals surface area contributed by atoms with E-state index in [0.717, 1.165) is 28.2 Å². The van der Waals surface area contributed by atoms with Gasteiger partial charge in [0.15, 0.2) is 0 Å². The number of aryl methyl sites for hydroxylation is 3. The van der Waals surface area contributed by atoms with Crippen LogP contribution >= 0.6 is 0 Å². The summed E-state index contributed by atoms with van der Waals surface area (Å²) >= 11 is 0. The highest BCUT2D eigenvalue weighted by molar-refractivity contribution is 6.19. The number of rotatable bonds is 8. The molecule has 216 valence electrons. The van der Waals surface area contributed by atoms with Gasteiger partial charge in [-0.05, 0) is 64.4 Å². The number of amides is 2. The van der Waals surface area contributed by atoms with Crippen LogP contribution in [0.1, 0.15) is 43.3 Å². The van der Waals surface area contributed by atoms with E-state index in [4.69, 9.17) is 4.42 Å². The molecule has 0 unspecified atom stereocenters. The number of carbonyl (C=O) groups is 2. The average Bonchev–Trinajstić information content (AvgIpc) is 3.55. The van der Waals surface area contributed by atoms with Gasteiger partial charge in [0.25, 0.3) is 5.56 Å². The van der Waals surface area contributed by atoms with E-state index >= 15 is 0 Å². The van der Waals surface area contributed by atoms with Crippen molar-refractivity contribution >= 4 is 34.2 Å². The van der Waals surface area contributed by atoms with E-state index in [0.29, 0.717) is 49.4 Å². The van der Waals surface area contributed by atoms with Crippen molar-refractivity contribution in [3.63, 3.8) is 0 Å². The Labute approximate surface area is 239 Å². The molecular formula is C31H38N6O4. The monoisotopic (exact) mass is 558 g/mol. The zero-order valence-electron chi connectivity index (χ0n) is 24.9. The Morgan fingerprint density at radius 3 is 2.41 bits per heavy atom. The highest BCUT2D eigenvalue weighted by atomic mass is 16.3. The first-order chi connectivity index (χ1) is 19.4. The van der Waals surface area contributed by atoms with Crippen molar-refractivity contribution in [2.45, 2.75) is 54.3 Å². The first-order valence-electron chi connectivity index (χ1n) is 13.9. The number of nitrogens with zero attached hydrogens (tertiary/aromatic N) is 6. The molecule has 0 atom stereocenters. The van der Waals surface area contributed by atoms with Crippen LogP contribution in [0.4, 0.5) is 11.4 Å². The SMILES string of the molecule is CCN1C(=O)C(C)(C)C(=O)N(C)c2cc(CN(CCn3cc(C)c4occc4c3=O)Cc3cc(C)nn3C)ccc21. The Hall–Kier alpha value is -4.18. The van der Waals surface area contributed by atoms with Crippen molar-refractivity contribution in [2.75, 3.05) is 29.9 Å². The molecule has 0 spiro atoms. The van der Waals surface area contributed by atoms with Crippen LogP contribution in [0.2, 0.25) is 0 Å². The highest BCUT2D eigenvalue weighted by Crippen LogP contribution is 2.39. The molecule has 0 fully saturated rings. The van der Waals surface area contributed by atoms with Gasteiger partial charge in [0.05, 0.1) is 34.4 Å². The second-order valence-electron chi connectivity index (χ2n) is 11.4. The van der Waals surface area contributed by atoms with Gasteiger partial charge in [-0.25, -0.2) is 0 Å². The summed E-state index contributed by atoms with van der Waals surface area (Å²) in [6.45, 7) is 12.0.